The second-order valence-electron chi connectivity index (χ2n) is 10.7. The number of likely N-dealkylation sites (N-methyl/N-ethyl adjacent to an activating group) is 1. The van der Waals surface area contributed by atoms with Crippen LogP contribution in [0.4, 0.5) is 9.18 Å². The minimum absolute atomic E-state index is 0.100. The maximum Gasteiger partial charge on any atom is 0.416 e. The van der Waals surface area contributed by atoms with E-state index < -0.39 is 6.09 Å². The molecule has 1 fully saturated rings. The van der Waals surface area contributed by atoms with E-state index in [1.807, 2.05) is 30.3 Å². The molecule has 6 rings (SSSR count). The molecular formula is C31H33ClFN3O3. The van der Waals surface area contributed by atoms with Crippen molar-refractivity contribution >= 4 is 17.7 Å². The highest BCUT2D eigenvalue weighted by molar-refractivity contribution is 6.31. The van der Waals surface area contributed by atoms with Crippen molar-refractivity contribution in [3.8, 4) is 11.5 Å². The Bertz CT molecular complexity index is 1310. The summed E-state index contributed by atoms with van der Waals surface area (Å²) in [5, 5.41) is 4.39. The van der Waals surface area contributed by atoms with Crippen molar-refractivity contribution < 1.29 is 18.7 Å². The maximum atomic E-state index is 13.4. The largest absolute Gasteiger partial charge is 0.492 e. The van der Waals surface area contributed by atoms with Crippen molar-refractivity contribution in [2.45, 2.75) is 43.8 Å². The van der Waals surface area contributed by atoms with Crippen LogP contribution in [-0.4, -0.2) is 54.7 Å². The quantitative estimate of drug-likeness (QED) is 0.483. The summed E-state index contributed by atoms with van der Waals surface area (Å²) in [7, 11) is 2.16. The van der Waals surface area contributed by atoms with Crippen molar-refractivity contribution in [3.63, 3.8) is 0 Å². The Morgan fingerprint density at radius 2 is 1.85 bits per heavy atom. The summed E-state index contributed by atoms with van der Waals surface area (Å²) >= 11 is 6.36. The highest BCUT2D eigenvalue weighted by Crippen LogP contribution is 2.45. The second kappa shape index (κ2) is 11.1. The number of piperidine rings is 1. The first-order valence-electron chi connectivity index (χ1n) is 13.7. The Hall–Kier alpha value is -3.29. The summed E-state index contributed by atoms with van der Waals surface area (Å²) in [6, 6.07) is 13.7. The number of halogens is 2. The number of ether oxygens (including phenoxy) is 2. The monoisotopic (exact) mass is 549 g/mol. The van der Waals surface area contributed by atoms with E-state index in [-0.39, 0.29) is 23.8 Å². The average Bonchev–Trinajstić information content (AvgIpc) is 3.31. The molecule has 8 heteroatoms. The molecular weight excluding hydrogens is 517 g/mol. The number of hydrogen-bond acceptors (Lipinski definition) is 5. The lowest BCUT2D eigenvalue weighted by atomic mass is 9.85. The minimum Gasteiger partial charge on any atom is -0.492 e. The zero-order valence-electron chi connectivity index (χ0n) is 22.0. The molecule has 4 atom stereocenters. The van der Waals surface area contributed by atoms with E-state index in [4.69, 9.17) is 21.1 Å². The van der Waals surface area contributed by atoms with Gasteiger partial charge in [0.05, 0.1) is 6.04 Å². The van der Waals surface area contributed by atoms with E-state index in [1.54, 1.807) is 4.90 Å². The number of fused-ring (bicyclic) bond motifs is 2. The van der Waals surface area contributed by atoms with Gasteiger partial charge in [0.15, 0.2) is 0 Å². The Labute approximate surface area is 233 Å². The third kappa shape index (κ3) is 5.43. The van der Waals surface area contributed by atoms with Gasteiger partial charge in [0, 0.05) is 29.2 Å². The van der Waals surface area contributed by atoms with Gasteiger partial charge in [-0.1, -0.05) is 42.3 Å². The van der Waals surface area contributed by atoms with E-state index in [2.05, 4.69) is 29.4 Å². The smallest absolute Gasteiger partial charge is 0.416 e. The standard InChI is InChI=1S/C31H33ClFN3O3/c1-35-16-3-2-4-23(35)19-38-24-10-5-20(6-11-24)30-29-26(27-18-21(32)7-14-28(27)34-29)15-17-36(30)31(37)39-25-12-8-22(33)9-13-25/h5-14,18,23,27-28,30,34H,2-4,15-17,19H2,1H3. The first-order valence-corrected chi connectivity index (χ1v) is 14.1. The molecule has 6 nitrogen and oxygen atoms in total. The fourth-order valence-electron chi connectivity index (χ4n) is 6.13. The number of allylic oxidation sites excluding steroid dienone is 2. The molecule has 1 N–H and O–H groups in total. The predicted octanol–water partition coefficient (Wildman–Crippen LogP) is 6.17. The van der Waals surface area contributed by atoms with Crippen LogP contribution >= 0.6 is 11.6 Å². The van der Waals surface area contributed by atoms with E-state index in [0.29, 0.717) is 31.4 Å². The zero-order valence-corrected chi connectivity index (χ0v) is 22.7. The normalized spacial score (nSPS) is 26.4. The molecule has 1 amide bonds. The summed E-state index contributed by atoms with van der Waals surface area (Å²) in [6.45, 7) is 2.27. The van der Waals surface area contributed by atoms with Crippen LogP contribution in [0.5, 0.6) is 11.5 Å². The van der Waals surface area contributed by atoms with Crippen LogP contribution in [-0.2, 0) is 0 Å². The number of amides is 1. The molecule has 1 saturated heterocycles. The third-order valence-electron chi connectivity index (χ3n) is 8.28. The van der Waals surface area contributed by atoms with Gasteiger partial charge in [-0.2, -0.15) is 0 Å². The Balaban J connectivity index is 1.26. The summed E-state index contributed by atoms with van der Waals surface area (Å²) in [5.41, 5.74) is 3.24. The van der Waals surface area contributed by atoms with Crippen molar-refractivity contribution in [1.82, 2.24) is 15.1 Å². The van der Waals surface area contributed by atoms with Gasteiger partial charge in [-0.3, -0.25) is 4.90 Å². The highest BCUT2D eigenvalue weighted by atomic mass is 35.5. The van der Waals surface area contributed by atoms with E-state index >= 15 is 0 Å². The van der Waals surface area contributed by atoms with Crippen molar-refractivity contribution in [2.75, 3.05) is 26.7 Å². The Morgan fingerprint density at radius 1 is 1.08 bits per heavy atom. The molecule has 0 aromatic heterocycles. The first-order chi connectivity index (χ1) is 19.0. The fraction of sp³-hybridized carbons (Fsp3) is 0.387. The molecule has 2 aromatic rings. The van der Waals surface area contributed by atoms with Gasteiger partial charge < -0.3 is 19.7 Å². The van der Waals surface area contributed by atoms with Crippen LogP contribution in [0.2, 0.25) is 0 Å². The van der Waals surface area contributed by atoms with E-state index in [1.165, 1.54) is 42.7 Å². The zero-order chi connectivity index (χ0) is 26.9. The lowest BCUT2D eigenvalue weighted by Crippen LogP contribution is -2.43. The van der Waals surface area contributed by atoms with Gasteiger partial charge in [-0.05, 0) is 86.5 Å². The summed E-state index contributed by atoms with van der Waals surface area (Å²) in [5.74, 6) is 0.900. The third-order valence-corrected chi connectivity index (χ3v) is 8.53. The number of likely N-dealkylation sites (tertiary alicyclic amines) is 1. The van der Waals surface area contributed by atoms with Gasteiger partial charge in [0.1, 0.15) is 30.0 Å². The lowest BCUT2D eigenvalue weighted by Gasteiger charge is -2.37. The molecule has 3 heterocycles. The summed E-state index contributed by atoms with van der Waals surface area (Å²) in [4.78, 5) is 17.6. The molecule has 0 bridgehead atoms. The molecule has 3 aliphatic heterocycles. The van der Waals surface area contributed by atoms with Crippen LogP contribution in [0, 0.1) is 11.7 Å². The Morgan fingerprint density at radius 3 is 2.62 bits per heavy atom. The molecule has 0 radical (unpaired) electrons. The van der Waals surface area contributed by atoms with Crippen LogP contribution in [0.3, 0.4) is 0 Å². The van der Waals surface area contributed by atoms with Crippen molar-refractivity contribution in [3.05, 3.63) is 94.4 Å². The van der Waals surface area contributed by atoms with E-state index in [9.17, 15) is 9.18 Å². The minimum atomic E-state index is -0.473. The molecule has 2 aromatic carbocycles. The SMILES string of the molecule is CN1CCCCC1COc1ccc(C2C3=C(CCN2C(=O)Oc2ccc(F)cc2)C2C=C(Cl)C=CC2N3)cc1. The molecule has 1 aliphatic carbocycles. The van der Waals surface area contributed by atoms with Gasteiger partial charge in [-0.15, -0.1) is 0 Å². The maximum absolute atomic E-state index is 13.4. The summed E-state index contributed by atoms with van der Waals surface area (Å²) < 4.78 is 25.2. The van der Waals surface area contributed by atoms with Crippen LogP contribution in [0.15, 0.2) is 83.1 Å². The first kappa shape index (κ1) is 26.0. The number of nitrogens with zero attached hydrogens (tertiary/aromatic N) is 2. The van der Waals surface area contributed by atoms with Crippen LogP contribution < -0.4 is 14.8 Å². The molecule has 4 unspecified atom stereocenters. The molecule has 4 aliphatic rings. The number of carbonyl (C=O) groups excluding carboxylic acids is 1. The number of benzene rings is 2. The topological polar surface area (TPSA) is 54.0 Å². The average molecular weight is 550 g/mol. The van der Waals surface area contributed by atoms with Gasteiger partial charge in [-0.25, -0.2) is 9.18 Å². The predicted molar refractivity (Wildman–Crippen MR) is 149 cm³/mol. The number of hydrogen-bond donors (Lipinski definition) is 1. The lowest BCUT2D eigenvalue weighted by molar-refractivity contribution is 0.125. The molecule has 204 valence electrons. The van der Waals surface area contributed by atoms with Crippen LogP contribution in [0.25, 0.3) is 0 Å². The fourth-order valence-corrected chi connectivity index (χ4v) is 6.34. The van der Waals surface area contributed by atoms with E-state index in [0.717, 1.165) is 35.0 Å². The van der Waals surface area contributed by atoms with Gasteiger partial charge >= 0.3 is 6.09 Å². The van der Waals surface area contributed by atoms with Gasteiger partial charge in [0.2, 0.25) is 0 Å². The molecule has 0 saturated carbocycles. The second-order valence-corrected chi connectivity index (χ2v) is 11.2. The van der Waals surface area contributed by atoms with Crippen molar-refractivity contribution in [2.24, 2.45) is 5.92 Å². The molecule has 0 spiro atoms. The highest BCUT2D eigenvalue weighted by Gasteiger charge is 2.43. The molecule has 39 heavy (non-hydrogen) atoms. The van der Waals surface area contributed by atoms with Crippen molar-refractivity contribution in [1.29, 1.82) is 0 Å². The van der Waals surface area contributed by atoms with Gasteiger partial charge in [0.25, 0.3) is 0 Å². The van der Waals surface area contributed by atoms with Crippen LogP contribution in [0.1, 0.15) is 37.3 Å². The number of carbonyl (C=O) groups is 1. The summed E-state index contributed by atoms with van der Waals surface area (Å²) in [6.07, 6.45) is 9.97. The Kier molecular flexibility index (Phi) is 7.36. The number of rotatable bonds is 5. The number of nitrogens with one attached hydrogen (secondary N) is 1.